The molecule has 140 valence electrons. The Bertz CT molecular complexity index is 867. The molecular weight excluding hydrogens is 472 g/mol. The van der Waals surface area contributed by atoms with Gasteiger partial charge in [-0.3, -0.25) is 4.79 Å². The molecule has 0 N–H and O–H groups in total. The van der Waals surface area contributed by atoms with Crippen molar-refractivity contribution in [1.82, 2.24) is 4.90 Å². The van der Waals surface area contributed by atoms with Gasteiger partial charge in [-0.05, 0) is 49.8 Å². The number of carbonyl (C=O) groups excluding carboxylic acids is 1. The third-order valence-corrected chi connectivity index (χ3v) is 5.23. The van der Waals surface area contributed by atoms with Crippen LogP contribution in [0.1, 0.15) is 25.0 Å². The van der Waals surface area contributed by atoms with E-state index in [4.69, 9.17) is 4.74 Å². The van der Waals surface area contributed by atoms with E-state index < -0.39 is 0 Å². The largest absolute Gasteiger partial charge is 0.489 e. The lowest BCUT2D eigenvalue weighted by Crippen LogP contribution is -2.31. The number of rotatable bonds is 7. The van der Waals surface area contributed by atoms with Crippen LogP contribution in [0.25, 0.3) is 6.08 Å². The minimum atomic E-state index is -0.247. The van der Waals surface area contributed by atoms with Crippen molar-refractivity contribution >= 4 is 43.8 Å². The predicted molar refractivity (Wildman–Crippen MR) is 114 cm³/mol. The van der Waals surface area contributed by atoms with Crippen LogP contribution in [0, 0.1) is 11.3 Å². The summed E-state index contributed by atoms with van der Waals surface area (Å²) in [5.74, 6) is 0.471. The molecule has 0 fully saturated rings. The summed E-state index contributed by atoms with van der Waals surface area (Å²) in [5.41, 5.74) is 1.95. The van der Waals surface area contributed by atoms with Gasteiger partial charge in [-0.15, -0.1) is 0 Å². The van der Waals surface area contributed by atoms with Gasteiger partial charge in [0, 0.05) is 27.6 Å². The van der Waals surface area contributed by atoms with E-state index in [1.807, 2.05) is 62.4 Å². The fourth-order valence-corrected chi connectivity index (χ4v) is 3.61. The van der Waals surface area contributed by atoms with E-state index in [0.717, 1.165) is 25.8 Å². The molecule has 0 aliphatic carbocycles. The van der Waals surface area contributed by atoms with E-state index in [2.05, 4.69) is 31.9 Å². The maximum atomic E-state index is 12.3. The SMILES string of the molecule is CCN(CC)C(=O)/C(C#N)=C\c1ccc(OCc2ccc(Br)cc2Br)cc1. The molecule has 0 saturated carbocycles. The van der Waals surface area contributed by atoms with Crippen LogP contribution in [0.5, 0.6) is 5.75 Å². The fraction of sp³-hybridized carbons (Fsp3) is 0.238. The van der Waals surface area contributed by atoms with Crippen molar-refractivity contribution in [2.45, 2.75) is 20.5 Å². The van der Waals surface area contributed by atoms with Crippen LogP contribution in [-0.4, -0.2) is 23.9 Å². The molecule has 2 rings (SSSR count). The Kier molecular flexibility index (Phi) is 8.08. The highest BCUT2D eigenvalue weighted by Crippen LogP contribution is 2.24. The second-order valence-corrected chi connectivity index (χ2v) is 7.51. The number of hydrogen-bond acceptors (Lipinski definition) is 3. The molecule has 0 saturated heterocycles. The Morgan fingerprint density at radius 2 is 1.81 bits per heavy atom. The Labute approximate surface area is 176 Å². The molecule has 6 heteroatoms. The number of ether oxygens (including phenoxy) is 1. The van der Waals surface area contributed by atoms with Crippen molar-refractivity contribution in [3.8, 4) is 11.8 Å². The molecule has 0 spiro atoms. The third kappa shape index (κ3) is 5.95. The summed E-state index contributed by atoms with van der Waals surface area (Å²) in [5, 5.41) is 9.31. The minimum absolute atomic E-state index is 0.131. The number of hydrogen-bond donors (Lipinski definition) is 0. The summed E-state index contributed by atoms with van der Waals surface area (Å²) in [6, 6.07) is 15.3. The summed E-state index contributed by atoms with van der Waals surface area (Å²) < 4.78 is 7.79. The molecule has 0 aliphatic heterocycles. The van der Waals surface area contributed by atoms with Crippen LogP contribution in [0.15, 0.2) is 57.0 Å². The van der Waals surface area contributed by atoms with Gasteiger partial charge < -0.3 is 9.64 Å². The molecule has 0 aliphatic rings. The Hall–Kier alpha value is -2.10. The molecule has 0 heterocycles. The number of carbonyl (C=O) groups is 1. The van der Waals surface area contributed by atoms with Crippen molar-refractivity contribution < 1.29 is 9.53 Å². The minimum Gasteiger partial charge on any atom is -0.489 e. The van der Waals surface area contributed by atoms with Crippen LogP contribution in [0.2, 0.25) is 0 Å². The average Bonchev–Trinajstić information content (AvgIpc) is 2.67. The number of amides is 1. The maximum Gasteiger partial charge on any atom is 0.264 e. The summed E-state index contributed by atoms with van der Waals surface area (Å²) >= 11 is 6.95. The maximum absolute atomic E-state index is 12.3. The first-order valence-electron chi connectivity index (χ1n) is 8.56. The Balaban J connectivity index is 2.07. The third-order valence-electron chi connectivity index (χ3n) is 4.00. The Morgan fingerprint density at radius 3 is 2.37 bits per heavy atom. The van der Waals surface area contributed by atoms with Crippen LogP contribution in [-0.2, 0) is 11.4 Å². The molecule has 0 aromatic heterocycles. The predicted octanol–water partition coefficient (Wildman–Crippen LogP) is 5.57. The topological polar surface area (TPSA) is 53.3 Å². The number of benzene rings is 2. The van der Waals surface area contributed by atoms with Gasteiger partial charge in [0.15, 0.2) is 0 Å². The fourth-order valence-electron chi connectivity index (χ4n) is 2.45. The van der Waals surface area contributed by atoms with E-state index in [0.29, 0.717) is 19.7 Å². The zero-order valence-electron chi connectivity index (χ0n) is 15.2. The van der Waals surface area contributed by atoms with E-state index >= 15 is 0 Å². The highest BCUT2D eigenvalue weighted by atomic mass is 79.9. The van der Waals surface area contributed by atoms with Crippen molar-refractivity contribution in [3.63, 3.8) is 0 Å². The van der Waals surface area contributed by atoms with E-state index in [-0.39, 0.29) is 11.5 Å². The Morgan fingerprint density at radius 1 is 1.15 bits per heavy atom. The molecule has 4 nitrogen and oxygen atoms in total. The zero-order valence-corrected chi connectivity index (χ0v) is 18.4. The highest BCUT2D eigenvalue weighted by Gasteiger charge is 2.15. The van der Waals surface area contributed by atoms with E-state index in [1.54, 1.807) is 11.0 Å². The lowest BCUT2D eigenvalue weighted by Gasteiger charge is -2.17. The molecular formula is C21H20Br2N2O2. The standard InChI is InChI=1S/C21H20Br2N2O2/c1-3-25(4-2)21(26)17(13-24)11-15-5-9-19(10-6-15)27-14-16-7-8-18(22)12-20(16)23/h5-12H,3-4,14H2,1-2H3/b17-11-. The lowest BCUT2D eigenvalue weighted by molar-refractivity contribution is -0.126. The zero-order chi connectivity index (χ0) is 19.8. The number of likely N-dealkylation sites (N-methyl/N-ethyl adjacent to an activating group) is 1. The van der Waals surface area contributed by atoms with Gasteiger partial charge in [0.05, 0.1) is 0 Å². The first-order valence-corrected chi connectivity index (χ1v) is 10.1. The first kappa shape index (κ1) is 21.2. The van der Waals surface area contributed by atoms with Crippen molar-refractivity contribution in [3.05, 3.63) is 68.1 Å². The van der Waals surface area contributed by atoms with Crippen molar-refractivity contribution in [1.29, 1.82) is 5.26 Å². The van der Waals surface area contributed by atoms with Crippen molar-refractivity contribution in [2.24, 2.45) is 0 Å². The second-order valence-electron chi connectivity index (χ2n) is 5.74. The first-order chi connectivity index (χ1) is 13.0. The second kappa shape index (κ2) is 10.3. The molecule has 2 aromatic carbocycles. The van der Waals surface area contributed by atoms with Crippen LogP contribution < -0.4 is 4.74 Å². The summed E-state index contributed by atoms with van der Waals surface area (Å²) in [6.45, 7) is 5.38. The number of nitriles is 1. The molecule has 2 aromatic rings. The van der Waals surface area contributed by atoms with Gasteiger partial charge >= 0.3 is 0 Å². The molecule has 0 unspecified atom stereocenters. The molecule has 1 amide bonds. The molecule has 0 atom stereocenters. The van der Waals surface area contributed by atoms with Gasteiger partial charge in [-0.1, -0.05) is 50.1 Å². The van der Waals surface area contributed by atoms with Gasteiger partial charge in [-0.25, -0.2) is 0 Å². The summed E-state index contributed by atoms with van der Waals surface area (Å²) in [6.07, 6.45) is 1.61. The highest BCUT2D eigenvalue weighted by molar-refractivity contribution is 9.11. The van der Waals surface area contributed by atoms with Gasteiger partial charge in [0.2, 0.25) is 0 Å². The van der Waals surface area contributed by atoms with E-state index in [9.17, 15) is 10.1 Å². The normalized spacial score (nSPS) is 11.0. The van der Waals surface area contributed by atoms with Gasteiger partial charge in [-0.2, -0.15) is 5.26 Å². The van der Waals surface area contributed by atoms with Crippen LogP contribution >= 0.6 is 31.9 Å². The average molecular weight is 492 g/mol. The quantitative estimate of drug-likeness (QED) is 0.376. The summed E-state index contributed by atoms with van der Waals surface area (Å²) in [4.78, 5) is 14.0. The monoisotopic (exact) mass is 490 g/mol. The smallest absolute Gasteiger partial charge is 0.264 e. The lowest BCUT2D eigenvalue weighted by atomic mass is 10.1. The number of nitrogens with zero attached hydrogens (tertiary/aromatic N) is 2. The number of halogens is 2. The molecule has 0 bridgehead atoms. The van der Waals surface area contributed by atoms with Crippen LogP contribution in [0.3, 0.4) is 0 Å². The summed E-state index contributed by atoms with van der Waals surface area (Å²) in [7, 11) is 0. The van der Waals surface area contributed by atoms with Gasteiger partial charge in [0.1, 0.15) is 24.0 Å². The molecule has 0 radical (unpaired) electrons. The van der Waals surface area contributed by atoms with Crippen molar-refractivity contribution in [2.75, 3.05) is 13.1 Å². The molecule has 27 heavy (non-hydrogen) atoms. The van der Waals surface area contributed by atoms with Gasteiger partial charge in [0.25, 0.3) is 5.91 Å². The van der Waals surface area contributed by atoms with Crippen LogP contribution in [0.4, 0.5) is 0 Å². The van der Waals surface area contributed by atoms with E-state index in [1.165, 1.54) is 0 Å².